The number of esters is 2. The van der Waals surface area contributed by atoms with E-state index in [1.165, 1.54) is 37.3 Å². The first-order valence-electron chi connectivity index (χ1n) is 33.4. The van der Waals surface area contributed by atoms with Gasteiger partial charge in [0.25, 0.3) is 5.91 Å². The van der Waals surface area contributed by atoms with Crippen molar-refractivity contribution >= 4 is 87.3 Å². The number of aromatic hydroxyl groups is 2. The topological polar surface area (TPSA) is 443 Å². The number of aromatic amines is 1. The number of phenolic OH excluding ortho intramolecular Hbond substituents is 2. The van der Waals surface area contributed by atoms with Crippen molar-refractivity contribution in [3.8, 4) is 28.7 Å². The van der Waals surface area contributed by atoms with Crippen LogP contribution in [-0.2, 0) is 78.7 Å². The molecule has 6 amide bonds. The van der Waals surface area contributed by atoms with Crippen LogP contribution < -0.4 is 63.1 Å². The van der Waals surface area contributed by atoms with Gasteiger partial charge in [-0.2, -0.15) is 0 Å². The number of ether oxygens (including phenoxy) is 10. The number of para-hydroxylation sites is 1. The molecule has 15 N–H and O–H groups in total. The van der Waals surface area contributed by atoms with Gasteiger partial charge >= 0.3 is 11.9 Å². The molecule has 0 fully saturated rings. The molecule has 104 heavy (non-hydrogen) atoms. The van der Waals surface area contributed by atoms with Gasteiger partial charge < -0.3 is 116 Å². The number of nitrogens with one attached hydrogen (secondary N) is 11. The molecule has 2 aliphatic rings. The highest BCUT2D eigenvalue weighted by Gasteiger charge is 2.54. The standard InChI is InChI=1S/C70H85FN12O20S/c1-43(84)78-41-61(87)82-56(7-4-17-76-68(72)73)65(91)80-42-62(88)83-57(36-45-40-79-55-6-3-2-5-49(45)55)66(92)75-19-23-95-22-18-74-64(90)44-8-15-58(54(71)35-44)102-63(89)16-21-94-25-27-97-29-31-99-33-34-100-32-30-98-28-26-96-24-20-77-69(104)81-46-9-12-51-50(37-46)67(93)103-70(51)52-13-10-47(85)38-59(52)101-60-39-48(86)11-14-53(60)70/h2-3,5-6,8-15,35,37-40,56-57,79,85-86H,4,7,16-34,36,41-42H2,1H3,(H,74,90)(H,75,92)(H,78,84)(H,80,91)(H,82,87)(H,83,88)(H4,72,73,76)(H2,77,81,104)/t56-,57-/m0/s1. The van der Waals surface area contributed by atoms with Gasteiger partial charge in [0, 0.05) is 96.7 Å². The molecule has 1 aromatic heterocycles. The van der Waals surface area contributed by atoms with E-state index in [1.54, 1.807) is 36.5 Å². The lowest BCUT2D eigenvalue weighted by atomic mass is 9.77. The molecule has 5 aromatic carbocycles. The summed E-state index contributed by atoms with van der Waals surface area (Å²) >= 11 is 5.48. The monoisotopic (exact) mass is 1460 g/mol. The molecule has 0 unspecified atom stereocenters. The van der Waals surface area contributed by atoms with Crippen LogP contribution >= 0.6 is 12.2 Å². The van der Waals surface area contributed by atoms with Gasteiger partial charge in [0.2, 0.25) is 29.5 Å². The van der Waals surface area contributed by atoms with Gasteiger partial charge in [-0.1, -0.05) is 24.3 Å². The zero-order valence-electron chi connectivity index (χ0n) is 57.0. The van der Waals surface area contributed by atoms with Crippen molar-refractivity contribution in [2.24, 2.45) is 5.73 Å². The number of carbonyl (C=O) groups is 8. The van der Waals surface area contributed by atoms with E-state index in [9.17, 15) is 53.0 Å². The fourth-order valence-electron chi connectivity index (χ4n) is 10.8. The lowest BCUT2D eigenvalue weighted by molar-refractivity contribution is -0.136. The molecular weight excluding hydrogens is 1380 g/mol. The van der Waals surface area contributed by atoms with Crippen LogP contribution in [0.2, 0.25) is 0 Å². The molecule has 32 nitrogen and oxygen atoms in total. The minimum Gasteiger partial charge on any atom is -0.508 e. The second kappa shape index (κ2) is 40.9. The third-order valence-corrected chi connectivity index (χ3v) is 15.9. The molecule has 6 aromatic rings. The zero-order valence-corrected chi connectivity index (χ0v) is 57.9. The van der Waals surface area contributed by atoms with Crippen LogP contribution in [0.4, 0.5) is 10.1 Å². The van der Waals surface area contributed by atoms with Crippen LogP contribution in [-0.4, -0.2) is 217 Å². The van der Waals surface area contributed by atoms with Crippen LogP contribution in [0.5, 0.6) is 28.7 Å². The van der Waals surface area contributed by atoms with Crippen LogP contribution in [0.1, 0.15) is 69.2 Å². The fourth-order valence-corrected chi connectivity index (χ4v) is 11.0. The highest BCUT2D eigenvalue weighted by molar-refractivity contribution is 7.80. The summed E-state index contributed by atoms with van der Waals surface area (Å²) in [4.78, 5) is 106. The van der Waals surface area contributed by atoms with Crippen LogP contribution in [0.25, 0.3) is 10.9 Å². The predicted octanol–water partition coefficient (Wildman–Crippen LogP) is 2.26. The number of carbonyl (C=O) groups excluding carboxylic acids is 8. The summed E-state index contributed by atoms with van der Waals surface area (Å²) in [5.74, 6) is -6.11. The van der Waals surface area contributed by atoms with Crippen molar-refractivity contribution < 1.29 is 100 Å². The number of anilines is 1. The first-order valence-corrected chi connectivity index (χ1v) is 33.8. The van der Waals surface area contributed by atoms with Crippen molar-refractivity contribution in [3.63, 3.8) is 0 Å². The van der Waals surface area contributed by atoms with E-state index in [-0.39, 0.29) is 119 Å². The maximum absolute atomic E-state index is 15.0. The number of hydrogen-bond acceptors (Lipinski definition) is 22. The van der Waals surface area contributed by atoms with Crippen LogP contribution in [0.3, 0.4) is 0 Å². The predicted molar refractivity (Wildman–Crippen MR) is 377 cm³/mol. The summed E-state index contributed by atoms with van der Waals surface area (Å²) in [7, 11) is 0. The Balaban J connectivity index is 0.600. The van der Waals surface area contributed by atoms with Gasteiger partial charge in [0.1, 0.15) is 35.1 Å². The summed E-state index contributed by atoms with van der Waals surface area (Å²) in [6, 6.07) is 22.9. The molecule has 2 aliphatic heterocycles. The van der Waals surface area contributed by atoms with Gasteiger partial charge in [-0.3, -0.25) is 39.0 Å². The summed E-state index contributed by atoms with van der Waals surface area (Å²) in [6.45, 7) is 4.45. The minimum absolute atomic E-state index is 0.00718. The fraction of sp³-hybridized carbons (Fsp3) is 0.400. The Kier molecular flexibility index (Phi) is 31.1. The second-order valence-corrected chi connectivity index (χ2v) is 23.7. The molecule has 0 saturated carbocycles. The number of halogens is 1. The summed E-state index contributed by atoms with van der Waals surface area (Å²) in [6.07, 6.45) is 2.01. The number of H-pyrrole nitrogens is 1. The molecule has 0 aliphatic carbocycles. The second-order valence-electron chi connectivity index (χ2n) is 23.3. The van der Waals surface area contributed by atoms with Crippen molar-refractivity contribution in [1.82, 2.24) is 47.5 Å². The van der Waals surface area contributed by atoms with E-state index in [0.717, 1.165) is 28.6 Å². The van der Waals surface area contributed by atoms with Crippen molar-refractivity contribution in [1.29, 1.82) is 5.41 Å². The average Bonchev–Trinajstić information content (AvgIpc) is 1.50. The molecule has 558 valence electrons. The Morgan fingerprint density at radius 3 is 1.81 bits per heavy atom. The van der Waals surface area contributed by atoms with Crippen molar-refractivity contribution in [2.45, 2.75) is 50.3 Å². The van der Waals surface area contributed by atoms with E-state index < -0.39 is 77.4 Å². The average molecular weight is 1470 g/mol. The van der Waals surface area contributed by atoms with Gasteiger partial charge in [-0.25, -0.2) is 9.18 Å². The Bertz CT molecular complexity index is 3930. The van der Waals surface area contributed by atoms with Gasteiger partial charge in [-0.05, 0) is 91.3 Å². The van der Waals surface area contributed by atoms with E-state index >= 15 is 0 Å². The van der Waals surface area contributed by atoms with E-state index in [2.05, 4.69) is 52.8 Å². The van der Waals surface area contributed by atoms with Crippen molar-refractivity contribution in [2.75, 3.05) is 137 Å². The third kappa shape index (κ3) is 24.3. The van der Waals surface area contributed by atoms with Gasteiger partial charge in [0.05, 0.1) is 118 Å². The summed E-state index contributed by atoms with van der Waals surface area (Å²) in [5.41, 5.74) is 7.93. The molecule has 34 heteroatoms. The number of fused-ring (bicyclic) bond motifs is 7. The first-order chi connectivity index (χ1) is 50.3. The molecule has 2 atom stereocenters. The van der Waals surface area contributed by atoms with E-state index in [1.807, 2.05) is 24.3 Å². The number of phenols is 2. The number of benzene rings is 5. The van der Waals surface area contributed by atoms with Crippen LogP contribution in [0.15, 0.2) is 103 Å². The van der Waals surface area contributed by atoms with Gasteiger partial charge in [0.15, 0.2) is 28.2 Å². The normalized spacial score (nSPS) is 12.8. The number of guanidine groups is 1. The number of aromatic nitrogens is 1. The Morgan fingerprint density at radius 1 is 0.625 bits per heavy atom. The Labute approximate surface area is 602 Å². The lowest BCUT2D eigenvalue weighted by Crippen LogP contribution is -2.53. The number of amides is 6. The van der Waals surface area contributed by atoms with Gasteiger partial charge in [-0.15, -0.1) is 0 Å². The number of nitrogens with two attached hydrogens (primary N) is 1. The zero-order chi connectivity index (χ0) is 74.2. The highest BCUT2D eigenvalue weighted by atomic mass is 32.1. The maximum Gasteiger partial charge on any atom is 0.340 e. The molecule has 0 radical (unpaired) electrons. The summed E-state index contributed by atoms with van der Waals surface area (Å²) in [5, 5.41) is 53.0. The van der Waals surface area contributed by atoms with E-state index in [4.69, 9.17) is 70.7 Å². The molecule has 3 heterocycles. The third-order valence-electron chi connectivity index (χ3n) is 15.7. The SMILES string of the molecule is CC(=O)NCC(=O)N[C@@H](CCCNC(=N)N)C(=O)NCC(=O)N[C@@H](Cc1c[nH]c2ccccc12)C(=O)NCCOCCNC(=O)c1ccc(OC(=O)CCOCCOCCOCCOCCOCCOCCNC(=S)Nc2ccc3c(c2)C(=O)OC32c3ccc(O)cc3Oc3cc(O)ccc32)c(F)c1. The number of rotatable bonds is 44. The molecule has 0 bridgehead atoms. The molecule has 1 spiro atoms. The van der Waals surface area contributed by atoms with E-state index in [0.29, 0.717) is 105 Å². The number of thiocarbonyl (C=S) groups is 1. The lowest BCUT2D eigenvalue weighted by Gasteiger charge is -2.36. The molecule has 0 saturated heterocycles. The quantitative estimate of drug-likeness (QED) is 0.00651. The largest absolute Gasteiger partial charge is 0.508 e. The minimum atomic E-state index is -1.37. The van der Waals surface area contributed by atoms with Crippen molar-refractivity contribution in [3.05, 3.63) is 142 Å². The Morgan fingerprint density at radius 2 is 1.18 bits per heavy atom. The smallest absolute Gasteiger partial charge is 0.340 e. The summed E-state index contributed by atoms with van der Waals surface area (Å²) < 4.78 is 71.0. The molecular formula is C70H85FN12O20S. The Hall–Kier alpha value is -10.6. The first kappa shape index (κ1) is 79.1. The van der Waals surface area contributed by atoms with Crippen LogP contribution in [0, 0.1) is 11.2 Å². The maximum atomic E-state index is 15.0. The highest BCUT2D eigenvalue weighted by Crippen LogP contribution is 2.57. The molecule has 8 rings (SSSR count). The number of hydrogen-bond donors (Lipinski definition) is 14.